The SMILES string of the molecule is C=CCNC/C=C(/C)CC/C=C(\C)CCC=C(C)C. The molecule has 0 radical (unpaired) electrons. The first-order chi connectivity index (χ1) is 9.06. The number of hydrogen-bond donors (Lipinski definition) is 1. The molecule has 0 rings (SSSR count). The van der Waals surface area contributed by atoms with E-state index in [0.29, 0.717) is 0 Å². The molecule has 0 amide bonds. The van der Waals surface area contributed by atoms with Crippen molar-refractivity contribution in [2.45, 2.75) is 53.4 Å². The molecule has 0 spiro atoms. The quantitative estimate of drug-likeness (QED) is 0.422. The van der Waals surface area contributed by atoms with Crippen molar-refractivity contribution in [3.05, 3.63) is 47.6 Å². The molecule has 0 aliphatic heterocycles. The van der Waals surface area contributed by atoms with E-state index in [1.54, 1.807) is 0 Å². The molecule has 1 heteroatoms. The van der Waals surface area contributed by atoms with Crippen molar-refractivity contribution in [2.24, 2.45) is 0 Å². The minimum absolute atomic E-state index is 0.882. The number of allylic oxidation sites excluding steroid dienone is 5. The van der Waals surface area contributed by atoms with Crippen LogP contribution in [0, 0.1) is 0 Å². The molecule has 0 atom stereocenters. The lowest BCUT2D eigenvalue weighted by Crippen LogP contribution is -2.12. The minimum Gasteiger partial charge on any atom is -0.310 e. The second-order valence-corrected chi connectivity index (χ2v) is 5.41. The van der Waals surface area contributed by atoms with Crippen molar-refractivity contribution < 1.29 is 0 Å². The van der Waals surface area contributed by atoms with E-state index in [1.165, 1.54) is 29.6 Å². The molecule has 0 heterocycles. The lowest BCUT2D eigenvalue weighted by molar-refractivity contribution is 0.830. The van der Waals surface area contributed by atoms with Gasteiger partial charge in [0.15, 0.2) is 0 Å². The van der Waals surface area contributed by atoms with Gasteiger partial charge in [0.25, 0.3) is 0 Å². The van der Waals surface area contributed by atoms with Crippen LogP contribution >= 0.6 is 0 Å². The van der Waals surface area contributed by atoms with Crippen LogP contribution in [-0.4, -0.2) is 13.1 Å². The monoisotopic (exact) mass is 261 g/mol. The van der Waals surface area contributed by atoms with E-state index in [0.717, 1.165) is 25.9 Å². The Hall–Kier alpha value is -1.08. The summed E-state index contributed by atoms with van der Waals surface area (Å²) in [6, 6.07) is 0. The molecule has 0 aromatic heterocycles. The molecular formula is C18H31N. The Morgan fingerprint density at radius 3 is 2.00 bits per heavy atom. The second kappa shape index (κ2) is 12.0. The molecule has 1 N–H and O–H groups in total. The number of hydrogen-bond acceptors (Lipinski definition) is 1. The predicted molar refractivity (Wildman–Crippen MR) is 88.5 cm³/mol. The van der Waals surface area contributed by atoms with Crippen molar-refractivity contribution in [1.29, 1.82) is 0 Å². The Balaban J connectivity index is 3.80. The summed E-state index contributed by atoms with van der Waals surface area (Å²) in [6.45, 7) is 14.3. The fourth-order valence-electron chi connectivity index (χ4n) is 1.77. The van der Waals surface area contributed by atoms with Gasteiger partial charge in [-0.3, -0.25) is 0 Å². The van der Waals surface area contributed by atoms with Gasteiger partial charge in [-0.1, -0.05) is 41.0 Å². The molecule has 0 aromatic rings. The maximum Gasteiger partial charge on any atom is 0.0140 e. The first-order valence-electron chi connectivity index (χ1n) is 7.32. The molecule has 1 nitrogen and oxygen atoms in total. The summed E-state index contributed by atoms with van der Waals surface area (Å²) in [7, 11) is 0. The summed E-state index contributed by atoms with van der Waals surface area (Å²) in [4.78, 5) is 0. The molecular weight excluding hydrogens is 230 g/mol. The van der Waals surface area contributed by atoms with Crippen LogP contribution in [0.15, 0.2) is 47.6 Å². The van der Waals surface area contributed by atoms with Crippen molar-refractivity contribution in [2.75, 3.05) is 13.1 Å². The highest BCUT2D eigenvalue weighted by molar-refractivity contribution is 5.05. The average molecular weight is 261 g/mol. The fraction of sp³-hybridized carbons (Fsp3) is 0.556. The summed E-state index contributed by atoms with van der Waals surface area (Å²) < 4.78 is 0. The summed E-state index contributed by atoms with van der Waals surface area (Å²) in [5.41, 5.74) is 4.39. The minimum atomic E-state index is 0.882. The zero-order valence-electron chi connectivity index (χ0n) is 13.3. The topological polar surface area (TPSA) is 12.0 Å². The van der Waals surface area contributed by atoms with Crippen LogP contribution in [0.1, 0.15) is 53.4 Å². The molecule has 0 aromatic carbocycles. The van der Waals surface area contributed by atoms with Gasteiger partial charge in [-0.05, 0) is 53.4 Å². The smallest absolute Gasteiger partial charge is 0.0140 e. The van der Waals surface area contributed by atoms with Gasteiger partial charge in [0, 0.05) is 13.1 Å². The Bertz CT molecular complexity index is 328. The zero-order valence-corrected chi connectivity index (χ0v) is 13.3. The molecule has 19 heavy (non-hydrogen) atoms. The summed E-state index contributed by atoms with van der Waals surface area (Å²) in [5.74, 6) is 0. The third-order valence-corrected chi connectivity index (χ3v) is 3.01. The van der Waals surface area contributed by atoms with Crippen molar-refractivity contribution in [3.63, 3.8) is 0 Å². The lowest BCUT2D eigenvalue weighted by atomic mass is 10.1. The highest BCUT2D eigenvalue weighted by Gasteiger charge is 1.91. The van der Waals surface area contributed by atoms with Gasteiger partial charge in [0.05, 0.1) is 0 Å². The lowest BCUT2D eigenvalue weighted by Gasteiger charge is -2.02. The largest absolute Gasteiger partial charge is 0.310 e. The third-order valence-electron chi connectivity index (χ3n) is 3.01. The van der Waals surface area contributed by atoms with Crippen LogP contribution in [0.25, 0.3) is 0 Å². The average Bonchev–Trinajstić information content (AvgIpc) is 2.34. The molecule has 0 bridgehead atoms. The fourth-order valence-corrected chi connectivity index (χ4v) is 1.77. The highest BCUT2D eigenvalue weighted by Crippen LogP contribution is 2.11. The zero-order chi connectivity index (χ0) is 14.5. The summed E-state index contributed by atoms with van der Waals surface area (Å²) in [6.07, 6.45) is 13.5. The second-order valence-electron chi connectivity index (χ2n) is 5.41. The molecule has 0 fully saturated rings. The Kier molecular flexibility index (Phi) is 11.3. The normalized spacial score (nSPS) is 12.4. The van der Waals surface area contributed by atoms with Gasteiger partial charge in [-0.15, -0.1) is 6.58 Å². The Labute approximate surface area is 120 Å². The summed E-state index contributed by atoms with van der Waals surface area (Å²) in [5, 5.41) is 3.29. The van der Waals surface area contributed by atoms with Crippen molar-refractivity contribution in [3.8, 4) is 0 Å². The van der Waals surface area contributed by atoms with E-state index in [4.69, 9.17) is 0 Å². The van der Waals surface area contributed by atoms with Crippen molar-refractivity contribution >= 4 is 0 Å². The molecule has 0 saturated heterocycles. The standard InChI is InChI=1S/C18H31N/c1-6-14-19-15-13-18(5)12-8-11-17(4)10-7-9-16(2)3/h6,9,11,13,19H,1,7-8,10,12,14-15H2,2-5H3/b17-11+,18-13-. The molecule has 108 valence electrons. The van der Waals surface area contributed by atoms with E-state index in [1.807, 2.05) is 6.08 Å². The van der Waals surface area contributed by atoms with E-state index < -0.39 is 0 Å². The predicted octanol–water partition coefficient (Wildman–Crippen LogP) is 5.18. The van der Waals surface area contributed by atoms with Gasteiger partial charge < -0.3 is 5.32 Å². The van der Waals surface area contributed by atoms with Crippen LogP contribution in [-0.2, 0) is 0 Å². The highest BCUT2D eigenvalue weighted by atomic mass is 14.8. The van der Waals surface area contributed by atoms with Crippen LogP contribution in [0.4, 0.5) is 0 Å². The number of rotatable bonds is 10. The van der Waals surface area contributed by atoms with Gasteiger partial charge in [0.2, 0.25) is 0 Å². The van der Waals surface area contributed by atoms with Crippen molar-refractivity contribution in [1.82, 2.24) is 5.32 Å². The molecule has 0 unspecified atom stereocenters. The summed E-state index contributed by atoms with van der Waals surface area (Å²) >= 11 is 0. The molecule has 0 aliphatic rings. The molecule has 0 aliphatic carbocycles. The van der Waals surface area contributed by atoms with Crippen LogP contribution in [0.2, 0.25) is 0 Å². The van der Waals surface area contributed by atoms with Crippen LogP contribution in [0.5, 0.6) is 0 Å². The molecule has 0 saturated carbocycles. The third kappa shape index (κ3) is 13.2. The number of nitrogens with one attached hydrogen (secondary N) is 1. The van der Waals surface area contributed by atoms with E-state index in [9.17, 15) is 0 Å². The van der Waals surface area contributed by atoms with E-state index in [-0.39, 0.29) is 0 Å². The first kappa shape index (κ1) is 17.9. The van der Waals surface area contributed by atoms with Gasteiger partial charge in [-0.25, -0.2) is 0 Å². The Morgan fingerprint density at radius 2 is 1.42 bits per heavy atom. The first-order valence-corrected chi connectivity index (χ1v) is 7.32. The van der Waals surface area contributed by atoms with E-state index in [2.05, 4.69) is 57.8 Å². The van der Waals surface area contributed by atoms with Gasteiger partial charge in [0.1, 0.15) is 0 Å². The van der Waals surface area contributed by atoms with Crippen LogP contribution in [0.3, 0.4) is 0 Å². The van der Waals surface area contributed by atoms with E-state index >= 15 is 0 Å². The van der Waals surface area contributed by atoms with Gasteiger partial charge in [-0.2, -0.15) is 0 Å². The maximum atomic E-state index is 3.69. The van der Waals surface area contributed by atoms with Crippen LogP contribution < -0.4 is 5.32 Å². The maximum absolute atomic E-state index is 3.69. The van der Waals surface area contributed by atoms with Gasteiger partial charge >= 0.3 is 0 Å². The Morgan fingerprint density at radius 1 is 0.842 bits per heavy atom.